The third-order valence-corrected chi connectivity index (χ3v) is 4.45. The second-order valence-corrected chi connectivity index (χ2v) is 5.60. The average molecular weight is 335 g/mol. The van der Waals surface area contributed by atoms with Crippen LogP contribution in [0.25, 0.3) is 0 Å². The first kappa shape index (κ1) is 18.0. The highest BCUT2D eigenvalue weighted by atomic mass is 35.5. The lowest BCUT2D eigenvalue weighted by Gasteiger charge is -2.31. The summed E-state index contributed by atoms with van der Waals surface area (Å²) in [6.07, 6.45) is 0.779. The third-order valence-electron chi connectivity index (χ3n) is 4.08. The molecule has 0 fully saturated rings. The van der Waals surface area contributed by atoms with Crippen molar-refractivity contribution in [1.29, 1.82) is 0 Å². The van der Waals surface area contributed by atoms with E-state index in [1.54, 1.807) is 21.3 Å². The molecular formula is C19H23ClO3. The molecule has 0 aliphatic carbocycles. The summed E-state index contributed by atoms with van der Waals surface area (Å²) in [5.41, 5.74) is 3.17. The fraction of sp³-hybridized carbons (Fsp3) is 0.368. The van der Waals surface area contributed by atoms with Gasteiger partial charge in [-0.2, -0.15) is 0 Å². The fourth-order valence-corrected chi connectivity index (χ4v) is 3.12. The molecule has 0 aromatic heterocycles. The van der Waals surface area contributed by atoms with Gasteiger partial charge in [-0.15, -0.1) is 11.6 Å². The van der Waals surface area contributed by atoms with Crippen molar-refractivity contribution in [3.63, 3.8) is 0 Å². The van der Waals surface area contributed by atoms with Gasteiger partial charge in [0.15, 0.2) is 0 Å². The predicted octanol–water partition coefficient (Wildman–Crippen LogP) is 4.30. The fourth-order valence-electron chi connectivity index (χ4n) is 2.83. The molecule has 0 saturated carbocycles. The summed E-state index contributed by atoms with van der Waals surface area (Å²) >= 11 is 6.23. The van der Waals surface area contributed by atoms with Crippen molar-refractivity contribution in [2.45, 2.75) is 18.3 Å². The summed E-state index contributed by atoms with van der Waals surface area (Å²) in [5, 5.41) is 0. The average Bonchev–Trinajstić information content (AvgIpc) is 2.63. The van der Waals surface area contributed by atoms with Crippen LogP contribution in [0.2, 0.25) is 0 Å². The molecule has 23 heavy (non-hydrogen) atoms. The minimum absolute atomic E-state index is 0.210. The van der Waals surface area contributed by atoms with E-state index < -0.39 is 5.97 Å². The number of rotatable bonds is 8. The molecule has 2 aromatic carbocycles. The van der Waals surface area contributed by atoms with Crippen LogP contribution in [0.1, 0.15) is 22.6 Å². The van der Waals surface area contributed by atoms with Crippen LogP contribution in [0.4, 0.5) is 0 Å². The predicted molar refractivity (Wildman–Crippen MR) is 92.8 cm³/mol. The molecule has 0 amide bonds. The Kier molecular flexibility index (Phi) is 6.60. The SMILES string of the molecule is COC(OC)(OC)c1ccccc1CC(CCl)c1ccccc1. The van der Waals surface area contributed by atoms with Crippen molar-refractivity contribution in [1.82, 2.24) is 0 Å². The molecule has 0 heterocycles. The lowest BCUT2D eigenvalue weighted by Crippen LogP contribution is -2.34. The first-order valence-corrected chi connectivity index (χ1v) is 8.09. The summed E-state index contributed by atoms with van der Waals surface area (Å²) in [4.78, 5) is 0. The van der Waals surface area contributed by atoms with Crippen LogP contribution < -0.4 is 0 Å². The van der Waals surface area contributed by atoms with Crippen LogP contribution >= 0.6 is 11.6 Å². The van der Waals surface area contributed by atoms with Gasteiger partial charge in [-0.3, -0.25) is 0 Å². The number of hydrogen-bond acceptors (Lipinski definition) is 3. The zero-order chi connectivity index (χ0) is 16.7. The zero-order valence-corrected chi connectivity index (χ0v) is 14.5. The Balaban J connectivity index is 2.37. The molecule has 2 aromatic rings. The van der Waals surface area contributed by atoms with Crippen LogP contribution in [0.15, 0.2) is 54.6 Å². The molecule has 0 saturated heterocycles. The molecule has 124 valence electrons. The number of benzene rings is 2. The van der Waals surface area contributed by atoms with E-state index in [-0.39, 0.29) is 5.92 Å². The molecule has 2 rings (SSSR count). The lowest BCUT2D eigenvalue weighted by atomic mass is 9.90. The minimum Gasteiger partial charge on any atom is -0.327 e. The van der Waals surface area contributed by atoms with E-state index in [4.69, 9.17) is 25.8 Å². The first-order chi connectivity index (χ1) is 11.2. The Bertz CT molecular complexity index is 588. The van der Waals surface area contributed by atoms with Gasteiger partial charge in [-0.1, -0.05) is 54.6 Å². The van der Waals surface area contributed by atoms with Crippen LogP contribution in [0.3, 0.4) is 0 Å². The van der Waals surface area contributed by atoms with Crippen LogP contribution in [-0.4, -0.2) is 27.2 Å². The highest BCUT2D eigenvalue weighted by Crippen LogP contribution is 2.33. The summed E-state index contributed by atoms with van der Waals surface area (Å²) in [5.74, 6) is -0.454. The molecule has 4 heteroatoms. The minimum atomic E-state index is -1.20. The first-order valence-electron chi connectivity index (χ1n) is 7.55. The van der Waals surface area contributed by atoms with E-state index in [1.807, 2.05) is 36.4 Å². The van der Waals surface area contributed by atoms with Crippen LogP contribution in [-0.2, 0) is 26.6 Å². The van der Waals surface area contributed by atoms with E-state index in [2.05, 4.69) is 18.2 Å². The van der Waals surface area contributed by atoms with Crippen LogP contribution in [0, 0.1) is 0 Å². The molecule has 0 bridgehead atoms. The smallest absolute Gasteiger partial charge is 0.311 e. The molecule has 0 spiro atoms. The quantitative estimate of drug-likeness (QED) is 0.532. The Morgan fingerprint density at radius 2 is 1.43 bits per heavy atom. The van der Waals surface area contributed by atoms with Gasteiger partial charge in [-0.25, -0.2) is 0 Å². The van der Waals surface area contributed by atoms with Gasteiger partial charge in [0.1, 0.15) is 0 Å². The van der Waals surface area contributed by atoms with E-state index in [0.29, 0.717) is 5.88 Å². The Morgan fingerprint density at radius 3 is 2.00 bits per heavy atom. The van der Waals surface area contributed by atoms with Gasteiger partial charge >= 0.3 is 5.97 Å². The highest BCUT2D eigenvalue weighted by Gasteiger charge is 2.35. The Hall–Kier alpha value is -1.39. The van der Waals surface area contributed by atoms with E-state index in [9.17, 15) is 0 Å². The van der Waals surface area contributed by atoms with Gasteiger partial charge in [-0.05, 0) is 17.5 Å². The van der Waals surface area contributed by atoms with E-state index in [0.717, 1.165) is 17.5 Å². The van der Waals surface area contributed by atoms with Crippen molar-refractivity contribution in [2.75, 3.05) is 27.2 Å². The normalized spacial score (nSPS) is 13.0. The molecule has 1 atom stereocenters. The van der Waals surface area contributed by atoms with Gasteiger partial charge < -0.3 is 14.2 Å². The maximum Gasteiger partial charge on any atom is 0.311 e. The van der Waals surface area contributed by atoms with E-state index >= 15 is 0 Å². The van der Waals surface area contributed by atoms with Crippen molar-refractivity contribution >= 4 is 11.6 Å². The molecule has 0 aliphatic heterocycles. The van der Waals surface area contributed by atoms with Crippen molar-refractivity contribution in [3.05, 3.63) is 71.3 Å². The van der Waals surface area contributed by atoms with Gasteiger partial charge in [0.25, 0.3) is 0 Å². The van der Waals surface area contributed by atoms with Gasteiger partial charge in [0.05, 0.1) is 0 Å². The summed E-state index contributed by atoms with van der Waals surface area (Å²) in [7, 11) is 4.71. The van der Waals surface area contributed by atoms with Gasteiger partial charge in [0, 0.05) is 38.7 Å². The maximum absolute atomic E-state index is 6.23. The Morgan fingerprint density at radius 1 is 0.870 bits per heavy atom. The molecule has 1 unspecified atom stereocenters. The number of ether oxygens (including phenoxy) is 3. The van der Waals surface area contributed by atoms with E-state index in [1.165, 1.54) is 5.56 Å². The molecule has 3 nitrogen and oxygen atoms in total. The molecule has 0 aliphatic rings. The summed E-state index contributed by atoms with van der Waals surface area (Å²) in [6.45, 7) is 0. The Labute approximate surface area is 143 Å². The lowest BCUT2D eigenvalue weighted by molar-refractivity contribution is -0.364. The molecular weight excluding hydrogens is 312 g/mol. The highest BCUT2D eigenvalue weighted by molar-refractivity contribution is 6.18. The number of halogens is 1. The molecule has 0 radical (unpaired) electrons. The third kappa shape index (κ3) is 3.93. The number of methoxy groups -OCH3 is 3. The summed E-state index contributed by atoms with van der Waals surface area (Å²) < 4.78 is 16.5. The van der Waals surface area contributed by atoms with Crippen molar-refractivity contribution < 1.29 is 14.2 Å². The second kappa shape index (κ2) is 8.46. The van der Waals surface area contributed by atoms with Crippen LogP contribution in [0.5, 0.6) is 0 Å². The standard InChI is InChI=1S/C19H23ClO3/c1-21-19(22-2,23-3)18-12-8-7-11-16(18)13-17(14-20)15-9-5-4-6-10-15/h4-12,17H,13-14H2,1-3H3. The van der Waals surface area contributed by atoms with Crippen molar-refractivity contribution in [3.8, 4) is 0 Å². The van der Waals surface area contributed by atoms with Crippen molar-refractivity contribution in [2.24, 2.45) is 0 Å². The number of hydrogen-bond donors (Lipinski definition) is 0. The topological polar surface area (TPSA) is 27.7 Å². The maximum atomic E-state index is 6.23. The zero-order valence-electron chi connectivity index (χ0n) is 13.8. The second-order valence-electron chi connectivity index (χ2n) is 5.29. The largest absolute Gasteiger partial charge is 0.327 e. The molecule has 0 N–H and O–H groups in total. The van der Waals surface area contributed by atoms with Gasteiger partial charge in [0.2, 0.25) is 0 Å². The number of alkyl halides is 1. The monoisotopic (exact) mass is 334 g/mol. The summed E-state index contributed by atoms with van der Waals surface area (Å²) in [6, 6.07) is 18.2.